The van der Waals surface area contributed by atoms with E-state index in [-0.39, 0.29) is 0 Å². The highest BCUT2D eigenvalue weighted by Gasteiger charge is 2.21. The van der Waals surface area contributed by atoms with Gasteiger partial charge in [0.05, 0.1) is 46.0 Å². The molecule has 0 unspecified atom stereocenters. The molecule has 8 aromatic rings. The minimum absolute atomic E-state index is 0.616. The summed E-state index contributed by atoms with van der Waals surface area (Å²) in [6.45, 7) is 7.85. The summed E-state index contributed by atoms with van der Waals surface area (Å²) < 4.78 is 4.53. The lowest BCUT2D eigenvalue weighted by molar-refractivity contribution is 1.18. The fourth-order valence-corrected chi connectivity index (χ4v) is 6.45. The lowest BCUT2D eigenvalue weighted by Gasteiger charge is -2.13. The van der Waals surface area contributed by atoms with Crippen molar-refractivity contribution in [3.8, 4) is 28.6 Å². The first-order valence-corrected chi connectivity index (χ1v) is 13.8. The zero-order chi connectivity index (χ0) is 28.2. The van der Waals surface area contributed by atoms with Crippen LogP contribution in [-0.2, 0) is 0 Å². The number of benzene rings is 6. The van der Waals surface area contributed by atoms with Crippen LogP contribution < -0.4 is 0 Å². The van der Waals surface area contributed by atoms with Gasteiger partial charge in [0.1, 0.15) is 0 Å². The molecule has 0 spiro atoms. The molecule has 194 valence electrons. The van der Waals surface area contributed by atoms with Crippen molar-refractivity contribution in [2.24, 2.45) is 0 Å². The van der Waals surface area contributed by atoms with E-state index >= 15 is 0 Å². The minimum atomic E-state index is 0.616. The maximum Gasteiger partial charge on any atom is 0.210 e. The summed E-state index contributed by atoms with van der Waals surface area (Å²) in [5, 5.41) is 14.1. The third kappa shape index (κ3) is 3.33. The van der Waals surface area contributed by atoms with E-state index in [2.05, 4.69) is 111 Å². The fraction of sp³-hybridized carbons (Fsp3) is 0. The SMILES string of the molecule is [C-]#[N+]c1ccccc1-n1c2ccccc2c2c(-c3cccc4c5cc(C#N)ccc5n(-c5ccccc5)c34)cccc21. The predicted molar refractivity (Wildman–Crippen MR) is 172 cm³/mol. The van der Waals surface area contributed by atoms with E-state index in [0.717, 1.165) is 66.1 Å². The lowest BCUT2D eigenvalue weighted by atomic mass is 9.97. The summed E-state index contributed by atoms with van der Waals surface area (Å²) in [6.07, 6.45) is 0. The van der Waals surface area contributed by atoms with Gasteiger partial charge in [0, 0.05) is 32.8 Å². The predicted octanol–water partition coefficient (Wildman–Crippen LogP) is 9.97. The third-order valence-electron chi connectivity index (χ3n) is 8.16. The molecule has 42 heavy (non-hydrogen) atoms. The standard InChI is InChI=1S/C38H22N4/c1-40-32-17-6-8-19-35(32)42-33-18-7-5-13-30(33)37-27(14-10-20-36(37)42)28-15-9-16-29-31-23-25(24-39)21-22-34(31)41(38(28)29)26-11-3-2-4-12-26/h2-23H. The maximum atomic E-state index is 9.70. The van der Waals surface area contributed by atoms with Crippen molar-refractivity contribution in [1.82, 2.24) is 9.13 Å². The van der Waals surface area contributed by atoms with Crippen LogP contribution in [0.15, 0.2) is 133 Å². The Hall–Kier alpha value is -6.10. The Bertz CT molecular complexity index is 2430. The van der Waals surface area contributed by atoms with Gasteiger partial charge in [-0.2, -0.15) is 5.26 Å². The first-order chi connectivity index (χ1) is 20.8. The van der Waals surface area contributed by atoms with Crippen LogP contribution in [0.4, 0.5) is 5.69 Å². The van der Waals surface area contributed by atoms with E-state index < -0.39 is 0 Å². The van der Waals surface area contributed by atoms with Crippen LogP contribution in [0.3, 0.4) is 0 Å². The van der Waals surface area contributed by atoms with Gasteiger partial charge < -0.3 is 9.13 Å². The molecule has 0 aliphatic heterocycles. The molecule has 2 aromatic heterocycles. The molecule has 0 bridgehead atoms. The smallest absolute Gasteiger partial charge is 0.210 e. The Morgan fingerprint density at radius 1 is 0.571 bits per heavy atom. The molecule has 0 atom stereocenters. The van der Waals surface area contributed by atoms with E-state index in [4.69, 9.17) is 6.57 Å². The van der Waals surface area contributed by atoms with Gasteiger partial charge in [-0.15, -0.1) is 0 Å². The fourth-order valence-electron chi connectivity index (χ4n) is 6.45. The van der Waals surface area contributed by atoms with Gasteiger partial charge in [0.2, 0.25) is 5.69 Å². The van der Waals surface area contributed by atoms with E-state index in [0.29, 0.717) is 11.3 Å². The molecule has 4 heteroatoms. The van der Waals surface area contributed by atoms with E-state index in [9.17, 15) is 5.26 Å². The number of nitriles is 1. The number of hydrogen-bond donors (Lipinski definition) is 0. The van der Waals surface area contributed by atoms with Crippen molar-refractivity contribution >= 4 is 49.3 Å². The summed E-state index contributed by atoms with van der Waals surface area (Å²) in [5.74, 6) is 0. The largest absolute Gasteiger partial charge is 0.319 e. The van der Waals surface area contributed by atoms with E-state index in [1.807, 2.05) is 42.5 Å². The first-order valence-electron chi connectivity index (χ1n) is 13.8. The molecule has 2 heterocycles. The summed E-state index contributed by atoms with van der Waals surface area (Å²) in [6, 6.07) is 47.8. The summed E-state index contributed by atoms with van der Waals surface area (Å²) in [7, 11) is 0. The molecule has 0 saturated carbocycles. The molecule has 0 fully saturated rings. The Balaban J connectivity index is 1.55. The average Bonchev–Trinajstić information content (AvgIpc) is 3.58. The topological polar surface area (TPSA) is 38.0 Å². The van der Waals surface area contributed by atoms with Crippen molar-refractivity contribution in [3.05, 3.63) is 150 Å². The number of rotatable bonds is 3. The number of nitrogens with zero attached hydrogens (tertiary/aromatic N) is 4. The summed E-state index contributed by atoms with van der Waals surface area (Å²) >= 11 is 0. The summed E-state index contributed by atoms with van der Waals surface area (Å²) in [5.41, 5.74) is 9.69. The van der Waals surface area contributed by atoms with Crippen LogP contribution in [0.25, 0.3) is 71.0 Å². The Kier molecular flexibility index (Phi) is 5.22. The van der Waals surface area contributed by atoms with Crippen molar-refractivity contribution < 1.29 is 0 Å². The molecule has 0 amide bonds. The van der Waals surface area contributed by atoms with Crippen LogP contribution in [-0.4, -0.2) is 9.13 Å². The van der Waals surface area contributed by atoms with Gasteiger partial charge in [-0.3, -0.25) is 0 Å². The first kappa shape index (κ1) is 23.8. The van der Waals surface area contributed by atoms with Crippen LogP contribution in [0.2, 0.25) is 0 Å². The molecule has 0 aliphatic rings. The third-order valence-corrected chi connectivity index (χ3v) is 8.16. The lowest BCUT2D eigenvalue weighted by Crippen LogP contribution is -1.96. The van der Waals surface area contributed by atoms with Crippen LogP contribution in [0.1, 0.15) is 5.56 Å². The van der Waals surface area contributed by atoms with Gasteiger partial charge in [0.15, 0.2) is 0 Å². The second kappa shape index (κ2) is 9.24. The van der Waals surface area contributed by atoms with Crippen molar-refractivity contribution in [3.63, 3.8) is 0 Å². The van der Waals surface area contributed by atoms with Gasteiger partial charge >= 0.3 is 0 Å². The molecule has 0 radical (unpaired) electrons. The zero-order valence-corrected chi connectivity index (χ0v) is 22.5. The molecular weight excluding hydrogens is 512 g/mol. The molecule has 6 aromatic carbocycles. The minimum Gasteiger partial charge on any atom is -0.319 e. The Morgan fingerprint density at radius 3 is 2.12 bits per heavy atom. The van der Waals surface area contributed by atoms with E-state index in [1.165, 1.54) is 0 Å². The molecular formula is C38H22N4. The second-order valence-corrected chi connectivity index (χ2v) is 10.4. The van der Waals surface area contributed by atoms with Gasteiger partial charge in [0.25, 0.3) is 0 Å². The van der Waals surface area contributed by atoms with Crippen molar-refractivity contribution in [1.29, 1.82) is 5.26 Å². The molecule has 4 nitrogen and oxygen atoms in total. The maximum absolute atomic E-state index is 9.70. The zero-order valence-electron chi connectivity index (χ0n) is 22.5. The van der Waals surface area contributed by atoms with Crippen LogP contribution >= 0.6 is 0 Å². The average molecular weight is 535 g/mol. The number of para-hydroxylation sites is 5. The number of hydrogen-bond acceptors (Lipinski definition) is 1. The van der Waals surface area contributed by atoms with Gasteiger partial charge in [-0.1, -0.05) is 84.9 Å². The van der Waals surface area contributed by atoms with Crippen LogP contribution in [0, 0.1) is 17.9 Å². The van der Waals surface area contributed by atoms with E-state index in [1.54, 1.807) is 0 Å². The normalized spacial score (nSPS) is 11.3. The Morgan fingerprint density at radius 2 is 1.26 bits per heavy atom. The Labute approximate surface area is 242 Å². The van der Waals surface area contributed by atoms with Crippen LogP contribution in [0.5, 0.6) is 0 Å². The van der Waals surface area contributed by atoms with Gasteiger partial charge in [-0.25, -0.2) is 4.85 Å². The van der Waals surface area contributed by atoms with Crippen molar-refractivity contribution in [2.75, 3.05) is 0 Å². The van der Waals surface area contributed by atoms with Crippen molar-refractivity contribution in [2.45, 2.75) is 0 Å². The molecule has 0 N–H and O–H groups in total. The quantitative estimate of drug-likeness (QED) is 0.208. The molecule has 0 aliphatic carbocycles. The second-order valence-electron chi connectivity index (χ2n) is 10.4. The summed E-state index contributed by atoms with van der Waals surface area (Å²) in [4.78, 5) is 3.85. The highest BCUT2D eigenvalue weighted by Crippen LogP contribution is 2.44. The molecule has 8 rings (SSSR count). The van der Waals surface area contributed by atoms with Gasteiger partial charge in [-0.05, 0) is 54.1 Å². The highest BCUT2D eigenvalue weighted by molar-refractivity contribution is 6.20. The monoisotopic (exact) mass is 534 g/mol. The number of aromatic nitrogens is 2. The highest BCUT2D eigenvalue weighted by atomic mass is 15.0. The number of fused-ring (bicyclic) bond motifs is 6. The molecule has 0 saturated heterocycles.